The number of aryl methyl sites for hydroxylation is 2. The largest absolute Gasteiger partial charge is 0.308 e. The lowest BCUT2D eigenvalue weighted by atomic mass is 10.00. The Hall–Kier alpha value is -1.19. The minimum atomic E-state index is 0.326. The highest BCUT2D eigenvalue weighted by molar-refractivity contribution is 7.07. The van der Waals surface area contributed by atoms with Gasteiger partial charge in [-0.2, -0.15) is 0 Å². The Labute approximate surface area is 119 Å². The number of nitrogens with one attached hydrogen (secondary N) is 1. The molecule has 0 aliphatic carbocycles. The van der Waals surface area contributed by atoms with Crippen LogP contribution in [0.1, 0.15) is 41.8 Å². The molecular weight excluding hydrogens is 252 g/mol. The summed E-state index contributed by atoms with van der Waals surface area (Å²) < 4.78 is 0. The van der Waals surface area contributed by atoms with Crippen molar-refractivity contribution in [1.82, 2.24) is 10.3 Å². The van der Waals surface area contributed by atoms with E-state index in [-0.39, 0.29) is 0 Å². The maximum Gasteiger partial charge on any atom is 0.0795 e. The van der Waals surface area contributed by atoms with Gasteiger partial charge in [0.15, 0.2) is 0 Å². The number of rotatable bonds is 6. The number of aromatic nitrogens is 1. The molecule has 0 spiro atoms. The zero-order valence-corrected chi connectivity index (χ0v) is 12.8. The van der Waals surface area contributed by atoms with Gasteiger partial charge in [-0.25, -0.2) is 4.98 Å². The van der Waals surface area contributed by atoms with E-state index in [9.17, 15) is 0 Å². The van der Waals surface area contributed by atoms with E-state index >= 15 is 0 Å². The molecule has 1 N–H and O–H groups in total. The van der Waals surface area contributed by atoms with Crippen LogP contribution in [-0.4, -0.2) is 11.5 Å². The van der Waals surface area contributed by atoms with Gasteiger partial charge in [0.1, 0.15) is 0 Å². The Balaban J connectivity index is 2.15. The first-order chi connectivity index (χ1) is 9.19. The maximum absolute atomic E-state index is 4.47. The number of hydrogen-bond acceptors (Lipinski definition) is 3. The van der Waals surface area contributed by atoms with Crippen molar-refractivity contribution in [2.75, 3.05) is 6.54 Å². The molecule has 0 bridgehead atoms. The molecule has 2 nitrogen and oxygen atoms in total. The number of hydrogen-bond donors (Lipinski definition) is 1. The summed E-state index contributed by atoms with van der Waals surface area (Å²) in [5.74, 6) is 0. The monoisotopic (exact) mass is 274 g/mol. The van der Waals surface area contributed by atoms with Crippen molar-refractivity contribution >= 4 is 11.3 Å². The Kier molecular flexibility index (Phi) is 5.11. The summed E-state index contributed by atoms with van der Waals surface area (Å²) in [7, 11) is 0. The van der Waals surface area contributed by atoms with Gasteiger partial charge in [0, 0.05) is 5.38 Å². The molecule has 0 saturated carbocycles. The zero-order valence-electron chi connectivity index (χ0n) is 11.9. The van der Waals surface area contributed by atoms with Crippen LogP contribution in [0.4, 0.5) is 0 Å². The van der Waals surface area contributed by atoms with E-state index in [1.807, 2.05) is 5.51 Å². The van der Waals surface area contributed by atoms with Crippen molar-refractivity contribution in [3.05, 3.63) is 51.5 Å². The van der Waals surface area contributed by atoms with Gasteiger partial charge in [-0.15, -0.1) is 11.3 Å². The molecule has 102 valence electrons. The lowest BCUT2D eigenvalue weighted by Crippen LogP contribution is -2.24. The fraction of sp³-hybridized carbons (Fsp3) is 0.438. The summed E-state index contributed by atoms with van der Waals surface area (Å²) >= 11 is 1.67. The zero-order chi connectivity index (χ0) is 13.7. The molecule has 0 fully saturated rings. The van der Waals surface area contributed by atoms with Crippen molar-refractivity contribution in [1.29, 1.82) is 0 Å². The fourth-order valence-corrected chi connectivity index (χ4v) is 3.02. The minimum Gasteiger partial charge on any atom is -0.308 e. The molecule has 1 aromatic heterocycles. The highest BCUT2D eigenvalue weighted by Gasteiger charge is 2.13. The summed E-state index contributed by atoms with van der Waals surface area (Å²) in [5.41, 5.74) is 7.14. The van der Waals surface area contributed by atoms with E-state index in [2.05, 4.69) is 54.7 Å². The van der Waals surface area contributed by atoms with Crippen LogP contribution in [-0.2, 0) is 6.42 Å². The van der Waals surface area contributed by atoms with Crippen molar-refractivity contribution in [2.24, 2.45) is 0 Å². The Bertz CT molecular complexity index is 485. The number of benzene rings is 1. The molecule has 1 unspecified atom stereocenters. The van der Waals surface area contributed by atoms with Crippen molar-refractivity contribution in [2.45, 2.75) is 39.7 Å². The molecule has 19 heavy (non-hydrogen) atoms. The van der Waals surface area contributed by atoms with Crippen LogP contribution in [0.5, 0.6) is 0 Å². The lowest BCUT2D eigenvalue weighted by molar-refractivity contribution is 0.520. The average Bonchev–Trinajstić information content (AvgIpc) is 2.87. The molecule has 0 aliphatic heterocycles. The molecule has 0 radical (unpaired) electrons. The molecule has 2 rings (SSSR count). The van der Waals surface area contributed by atoms with Crippen LogP contribution in [0.3, 0.4) is 0 Å². The third-order valence-electron chi connectivity index (χ3n) is 3.17. The summed E-state index contributed by atoms with van der Waals surface area (Å²) in [6.45, 7) is 7.55. The molecule has 3 heteroatoms. The quantitative estimate of drug-likeness (QED) is 0.860. The standard InChI is InChI=1S/C16H22N2S/c1-4-5-17-15(16-10-19-11-18-16)9-14-7-12(2)6-13(3)8-14/h6-8,10-11,15,17H,4-5,9H2,1-3H3. The van der Waals surface area contributed by atoms with Gasteiger partial charge in [-0.3, -0.25) is 0 Å². The van der Waals surface area contributed by atoms with E-state index in [0.717, 1.165) is 25.1 Å². The van der Waals surface area contributed by atoms with Gasteiger partial charge in [0.2, 0.25) is 0 Å². The van der Waals surface area contributed by atoms with Gasteiger partial charge in [-0.05, 0) is 38.8 Å². The molecule has 1 atom stereocenters. The highest BCUT2D eigenvalue weighted by atomic mass is 32.1. The average molecular weight is 274 g/mol. The third-order valence-corrected chi connectivity index (χ3v) is 3.78. The predicted molar refractivity (Wildman–Crippen MR) is 82.8 cm³/mol. The second-order valence-corrected chi connectivity index (χ2v) is 5.84. The molecule has 2 aromatic rings. The Morgan fingerprint density at radius 2 is 1.95 bits per heavy atom. The summed E-state index contributed by atoms with van der Waals surface area (Å²) in [5, 5.41) is 5.75. The van der Waals surface area contributed by atoms with E-state index in [1.54, 1.807) is 11.3 Å². The molecule has 0 aliphatic rings. The van der Waals surface area contributed by atoms with Gasteiger partial charge in [0.25, 0.3) is 0 Å². The number of thiazole rings is 1. The van der Waals surface area contributed by atoms with Crippen LogP contribution in [0.15, 0.2) is 29.1 Å². The summed E-state index contributed by atoms with van der Waals surface area (Å²) in [6, 6.07) is 7.10. The third kappa shape index (κ3) is 4.15. The first-order valence-corrected chi connectivity index (χ1v) is 7.82. The molecule has 1 heterocycles. The van der Waals surface area contributed by atoms with Crippen molar-refractivity contribution < 1.29 is 0 Å². The summed E-state index contributed by atoms with van der Waals surface area (Å²) in [6.07, 6.45) is 2.15. The van der Waals surface area contributed by atoms with Crippen molar-refractivity contribution in [3.8, 4) is 0 Å². The van der Waals surface area contributed by atoms with Gasteiger partial charge in [-0.1, -0.05) is 36.2 Å². The van der Waals surface area contributed by atoms with Gasteiger partial charge >= 0.3 is 0 Å². The fourth-order valence-electron chi connectivity index (χ4n) is 2.42. The van der Waals surface area contributed by atoms with E-state index in [1.165, 1.54) is 16.7 Å². The van der Waals surface area contributed by atoms with E-state index in [4.69, 9.17) is 0 Å². The first kappa shape index (κ1) is 14.2. The van der Waals surface area contributed by atoms with Crippen LogP contribution in [0.2, 0.25) is 0 Å². The second kappa shape index (κ2) is 6.83. The van der Waals surface area contributed by atoms with Gasteiger partial charge < -0.3 is 5.32 Å². The predicted octanol–water partition coefficient (Wildman–Crippen LogP) is 4.04. The minimum absolute atomic E-state index is 0.326. The Morgan fingerprint density at radius 1 is 1.21 bits per heavy atom. The highest BCUT2D eigenvalue weighted by Crippen LogP contribution is 2.20. The molecule has 1 aromatic carbocycles. The topological polar surface area (TPSA) is 24.9 Å². The van der Waals surface area contributed by atoms with E-state index < -0.39 is 0 Å². The number of nitrogens with zero attached hydrogens (tertiary/aromatic N) is 1. The van der Waals surface area contributed by atoms with Gasteiger partial charge in [0.05, 0.1) is 17.2 Å². The maximum atomic E-state index is 4.47. The molecule has 0 saturated heterocycles. The van der Waals surface area contributed by atoms with Crippen LogP contribution < -0.4 is 5.32 Å². The first-order valence-electron chi connectivity index (χ1n) is 6.87. The van der Waals surface area contributed by atoms with Crippen LogP contribution in [0, 0.1) is 13.8 Å². The molecular formula is C16H22N2S. The second-order valence-electron chi connectivity index (χ2n) is 5.12. The molecule has 0 amide bonds. The lowest BCUT2D eigenvalue weighted by Gasteiger charge is -2.17. The summed E-state index contributed by atoms with van der Waals surface area (Å²) in [4.78, 5) is 4.47. The smallest absolute Gasteiger partial charge is 0.0795 e. The van der Waals surface area contributed by atoms with Crippen LogP contribution >= 0.6 is 11.3 Å². The Morgan fingerprint density at radius 3 is 2.53 bits per heavy atom. The SMILES string of the molecule is CCCNC(Cc1cc(C)cc(C)c1)c1cscn1. The normalized spacial score (nSPS) is 12.6. The van der Waals surface area contributed by atoms with Crippen molar-refractivity contribution in [3.63, 3.8) is 0 Å². The van der Waals surface area contributed by atoms with Crippen LogP contribution in [0.25, 0.3) is 0 Å². The van der Waals surface area contributed by atoms with E-state index in [0.29, 0.717) is 6.04 Å².